The van der Waals surface area contributed by atoms with Crippen molar-refractivity contribution in [3.8, 4) is 0 Å². The average molecular weight is 284 g/mol. The van der Waals surface area contributed by atoms with Gasteiger partial charge in [0.2, 0.25) is 16.1 Å². The number of benzene rings is 1. The van der Waals surface area contributed by atoms with Crippen LogP contribution in [0.1, 0.15) is 18.4 Å². The van der Waals surface area contributed by atoms with Crippen LogP contribution < -0.4 is 0 Å². The normalized spacial score (nSPS) is 20.2. The number of hydrogen-bond acceptors (Lipinski definition) is 4. The summed E-state index contributed by atoms with van der Waals surface area (Å²) >= 11 is 0. The standard InChI is InChI=1S/C12H13FN2O3S/c1-9-7-10(13)4-5-11(9)19(17,18)15-6-2-3-12(15)14-8-16/h4-5,7,12H,2-3,6H2,1H3. The fraction of sp³-hybridized carbons (Fsp3) is 0.417. The minimum absolute atomic E-state index is 0.0434. The number of nitrogens with zero attached hydrogens (tertiary/aromatic N) is 2. The van der Waals surface area contributed by atoms with Gasteiger partial charge in [0, 0.05) is 6.54 Å². The summed E-state index contributed by atoms with van der Waals surface area (Å²) in [5.41, 5.74) is 0.334. The van der Waals surface area contributed by atoms with Crippen LogP contribution in [0.2, 0.25) is 0 Å². The maximum absolute atomic E-state index is 13.0. The quantitative estimate of drug-likeness (QED) is 0.625. The molecule has 2 rings (SSSR count). The van der Waals surface area contributed by atoms with Crippen molar-refractivity contribution in [3.63, 3.8) is 0 Å². The number of hydrogen-bond donors (Lipinski definition) is 0. The molecule has 1 aromatic carbocycles. The predicted molar refractivity (Wildman–Crippen MR) is 66.2 cm³/mol. The van der Waals surface area contributed by atoms with Crippen molar-refractivity contribution < 1.29 is 17.6 Å². The van der Waals surface area contributed by atoms with Crippen LogP contribution in [0.15, 0.2) is 28.1 Å². The molecule has 0 radical (unpaired) electrons. The Morgan fingerprint density at radius 1 is 1.47 bits per heavy atom. The van der Waals surface area contributed by atoms with Crippen LogP contribution in [0.25, 0.3) is 0 Å². The maximum atomic E-state index is 13.0. The van der Waals surface area contributed by atoms with Crippen molar-refractivity contribution in [1.82, 2.24) is 4.31 Å². The highest BCUT2D eigenvalue weighted by molar-refractivity contribution is 7.89. The highest BCUT2D eigenvalue weighted by Crippen LogP contribution is 2.28. The molecular formula is C12H13FN2O3S. The van der Waals surface area contributed by atoms with Crippen molar-refractivity contribution in [1.29, 1.82) is 0 Å². The van der Waals surface area contributed by atoms with Gasteiger partial charge in [-0.25, -0.2) is 17.6 Å². The van der Waals surface area contributed by atoms with E-state index in [1.165, 1.54) is 25.1 Å². The van der Waals surface area contributed by atoms with Crippen LogP contribution in [0.4, 0.5) is 4.39 Å². The number of aliphatic imine (C=N–C) groups is 1. The molecule has 102 valence electrons. The monoisotopic (exact) mass is 284 g/mol. The fourth-order valence-corrected chi connectivity index (χ4v) is 4.02. The van der Waals surface area contributed by atoms with Crippen molar-refractivity contribution >= 4 is 16.1 Å². The Morgan fingerprint density at radius 2 is 2.21 bits per heavy atom. The lowest BCUT2D eigenvalue weighted by molar-refractivity contribution is 0.395. The van der Waals surface area contributed by atoms with E-state index >= 15 is 0 Å². The molecule has 19 heavy (non-hydrogen) atoms. The number of isocyanates is 1. The van der Waals surface area contributed by atoms with Gasteiger partial charge in [-0.1, -0.05) is 0 Å². The molecule has 0 saturated carbocycles. The van der Waals surface area contributed by atoms with E-state index in [1.807, 2.05) is 0 Å². The summed E-state index contributed by atoms with van der Waals surface area (Å²) in [6.45, 7) is 1.83. The summed E-state index contributed by atoms with van der Waals surface area (Å²) < 4.78 is 39.1. The van der Waals surface area contributed by atoms with E-state index in [-0.39, 0.29) is 4.90 Å². The van der Waals surface area contributed by atoms with Gasteiger partial charge in [-0.15, -0.1) is 0 Å². The van der Waals surface area contributed by atoms with Gasteiger partial charge in [-0.2, -0.15) is 9.30 Å². The maximum Gasteiger partial charge on any atom is 0.245 e. The van der Waals surface area contributed by atoms with E-state index in [0.717, 1.165) is 10.4 Å². The molecular weight excluding hydrogens is 271 g/mol. The van der Waals surface area contributed by atoms with E-state index in [2.05, 4.69) is 4.99 Å². The summed E-state index contributed by atoms with van der Waals surface area (Å²) in [6.07, 6.45) is 1.82. The molecule has 0 spiro atoms. The zero-order valence-electron chi connectivity index (χ0n) is 10.3. The van der Waals surface area contributed by atoms with Crippen LogP contribution in [-0.4, -0.2) is 31.5 Å². The summed E-state index contributed by atoms with van der Waals surface area (Å²) in [6, 6.07) is 3.51. The first kappa shape index (κ1) is 13.9. The Morgan fingerprint density at radius 3 is 2.84 bits per heavy atom. The van der Waals surface area contributed by atoms with Gasteiger partial charge in [0.05, 0.1) is 4.90 Å². The molecule has 5 nitrogen and oxygen atoms in total. The summed E-state index contributed by atoms with van der Waals surface area (Å²) in [4.78, 5) is 13.9. The third kappa shape index (κ3) is 2.58. The molecule has 0 bridgehead atoms. The van der Waals surface area contributed by atoms with Gasteiger partial charge in [0.1, 0.15) is 12.0 Å². The van der Waals surface area contributed by atoms with E-state index in [4.69, 9.17) is 0 Å². The molecule has 1 fully saturated rings. The molecule has 1 aliphatic heterocycles. The molecule has 0 aliphatic carbocycles. The highest BCUT2D eigenvalue weighted by Gasteiger charge is 2.36. The molecule has 0 aromatic heterocycles. The van der Waals surface area contributed by atoms with E-state index in [9.17, 15) is 17.6 Å². The topological polar surface area (TPSA) is 66.8 Å². The SMILES string of the molecule is Cc1cc(F)ccc1S(=O)(=O)N1CCCC1N=C=O. The lowest BCUT2D eigenvalue weighted by atomic mass is 10.2. The second kappa shape index (κ2) is 5.21. The number of aryl methyl sites for hydroxylation is 1. The first-order valence-corrected chi connectivity index (χ1v) is 7.26. The minimum atomic E-state index is -3.76. The molecule has 1 atom stereocenters. The Labute approximate surface area is 110 Å². The Hall–Kier alpha value is -1.56. The third-order valence-corrected chi connectivity index (χ3v) is 5.16. The number of rotatable bonds is 3. The van der Waals surface area contributed by atoms with Crippen LogP contribution in [0, 0.1) is 12.7 Å². The molecule has 1 heterocycles. The van der Waals surface area contributed by atoms with Crippen molar-refractivity contribution in [2.24, 2.45) is 4.99 Å². The first-order valence-electron chi connectivity index (χ1n) is 5.82. The van der Waals surface area contributed by atoms with Gasteiger partial charge in [0.25, 0.3) is 0 Å². The van der Waals surface area contributed by atoms with E-state index < -0.39 is 22.0 Å². The van der Waals surface area contributed by atoms with E-state index in [0.29, 0.717) is 24.9 Å². The van der Waals surface area contributed by atoms with Crippen molar-refractivity contribution in [2.75, 3.05) is 6.54 Å². The van der Waals surface area contributed by atoms with Crippen molar-refractivity contribution in [2.45, 2.75) is 30.8 Å². The zero-order chi connectivity index (χ0) is 14.0. The number of carbonyl (C=O) groups excluding carboxylic acids is 1. The molecule has 1 unspecified atom stereocenters. The second-order valence-electron chi connectivity index (χ2n) is 4.37. The lowest BCUT2D eigenvalue weighted by Gasteiger charge is -2.21. The second-order valence-corrected chi connectivity index (χ2v) is 6.23. The highest BCUT2D eigenvalue weighted by atomic mass is 32.2. The minimum Gasteiger partial charge on any atom is -0.211 e. The zero-order valence-corrected chi connectivity index (χ0v) is 11.2. The largest absolute Gasteiger partial charge is 0.245 e. The van der Waals surface area contributed by atoms with Gasteiger partial charge in [0.15, 0.2) is 0 Å². The molecule has 7 heteroatoms. The molecule has 1 saturated heterocycles. The van der Waals surface area contributed by atoms with Gasteiger partial charge in [-0.3, -0.25) is 0 Å². The number of halogens is 1. The summed E-state index contributed by atoms with van der Waals surface area (Å²) in [7, 11) is -3.76. The Kier molecular flexibility index (Phi) is 3.80. The average Bonchev–Trinajstić information content (AvgIpc) is 2.78. The molecule has 0 amide bonds. The van der Waals surface area contributed by atoms with Gasteiger partial charge < -0.3 is 0 Å². The summed E-state index contributed by atoms with van der Waals surface area (Å²) in [5, 5.41) is 0. The smallest absolute Gasteiger partial charge is 0.211 e. The Balaban J connectivity index is 2.44. The predicted octanol–water partition coefficient (Wildman–Crippen LogP) is 1.58. The van der Waals surface area contributed by atoms with E-state index in [1.54, 1.807) is 0 Å². The summed E-state index contributed by atoms with van der Waals surface area (Å²) in [5.74, 6) is -0.486. The van der Waals surface area contributed by atoms with Crippen LogP contribution in [0.5, 0.6) is 0 Å². The number of sulfonamides is 1. The first-order chi connectivity index (χ1) is 8.96. The van der Waals surface area contributed by atoms with Gasteiger partial charge >= 0.3 is 0 Å². The van der Waals surface area contributed by atoms with Crippen molar-refractivity contribution in [3.05, 3.63) is 29.6 Å². The molecule has 1 aromatic rings. The van der Waals surface area contributed by atoms with Gasteiger partial charge in [-0.05, 0) is 43.5 Å². The molecule has 1 aliphatic rings. The third-order valence-electron chi connectivity index (χ3n) is 3.10. The lowest BCUT2D eigenvalue weighted by Crippen LogP contribution is -2.34. The van der Waals surface area contributed by atoms with Crippen LogP contribution >= 0.6 is 0 Å². The van der Waals surface area contributed by atoms with Crippen LogP contribution in [0.3, 0.4) is 0 Å². The molecule has 0 N–H and O–H groups in total. The Bertz CT molecular complexity index is 638. The van der Waals surface area contributed by atoms with Crippen LogP contribution in [-0.2, 0) is 14.8 Å². The fourth-order valence-electron chi connectivity index (χ4n) is 2.22.